The summed E-state index contributed by atoms with van der Waals surface area (Å²) in [5, 5.41) is 7.64. The highest BCUT2D eigenvalue weighted by molar-refractivity contribution is 5.34. The van der Waals surface area contributed by atoms with Gasteiger partial charge >= 0.3 is 0 Å². The van der Waals surface area contributed by atoms with Crippen molar-refractivity contribution in [1.82, 2.24) is 10.2 Å². The molecule has 0 saturated carbocycles. The summed E-state index contributed by atoms with van der Waals surface area (Å²) in [5.41, 5.74) is 9.87. The Bertz CT molecular complexity index is 341. The van der Waals surface area contributed by atoms with E-state index >= 15 is 0 Å². The highest BCUT2D eigenvalue weighted by atomic mass is 15.1. The minimum Gasteiger partial charge on any atom is -0.330 e. The van der Waals surface area contributed by atoms with Crippen LogP contribution in [0.5, 0.6) is 0 Å². The van der Waals surface area contributed by atoms with Gasteiger partial charge in [-0.2, -0.15) is 5.10 Å². The number of rotatable bonds is 2. The summed E-state index contributed by atoms with van der Waals surface area (Å²) in [6, 6.07) is 0. The van der Waals surface area contributed by atoms with Gasteiger partial charge in [-0.15, -0.1) is 0 Å². The van der Waals surface area contributed by atoms with Gasteiger partial charge in [0.25, 0.3) is 0 Å². The molecule has 84 valence electrons. The summed E-state index contributed by atoms with van der Waals surface area (Å²) in [4.78, 5) is 0. The number of hydrogen-bond acceptors (Lipinski definition) is 2. The van der Waals surface area contributed by atoms with Gasteiger partial charge in [0.15, 0.2) is 0 Å². The molecule has 1 aliphatic rings. The summed E-state index contributed by atoms with van der Waals surface area (Å²) in [7, 11) is 0. The van der Waals surface area contributed by atoms with Gasteiger partial charge in [-0.05, 0) is 31.2 Å². The Morgan fingerprint density at radius 2 is 2.27 bits per heavy atom. The second kappa shape index (κ2) is 3.97. The van der Waals surface area contributed by atoms with E-state index in [9.17, 15) is 0 Å². The average Bonchev–Trinajstić information content (AvgIpc) is 2.61. The van der Waals surface area contributed by atoms with Crippen LogP contribution in [0.2, 0.25) is 0 Å². The van der Waals surface area contributed by atoms with Crippen molar-refractivity contribution >= 4 is 0 Å². The molecule has 0 spiro atoms. The van der Waals surface area contributed by atoms with Gasteiger partial charge in [-0.3, -0.25) is 5.10 Å². The molecule has 3 nitrogen and oxygen atoms in total. The first-order valence-electron chi connectivity index (χ1n) is 5.92. The number of hydrogen-bond donors (Lipinski definition) is 2. The Kier molecular flexibility index (Phi) is 2.83. The lowest BCUT2D eigenvalue weighted by Gasteiger charge is -2.29. The molecule has 1 aromatic rings. The van der Waals surface area contributed by atoms with Crippen molar-refractivity contribution in [3.63, 3.8) is 0 Å². The molecule has 0 saturated heterocycles. The molecule has 0 aliphatic heterocycles. The third-order valence-electron chi connectivity index (χ3n) is 3.62. The standard InChI is InChI=1S/C12H21N3/c1-7(2)12-11-9(6-13)8(3)4-5-10(11)14-15-12/h7-9H,4-6,13H2,1-3H3,(H,14,15). The monoisotopic (exact) mass is 207 g/mol. The van der Waals surface area contributed by atoms with E-state index < -0.39 is 0 Å². The van der Waals surface area contributed by atoms with Crippen LogP contribution in [-0.2, 0) is 6.42 Å². The first-order chi connectivity index (χ1) is 7.15. The fourth-order valence-corrected chi connectivity index (χ4v) is 2.66. The van der Waals surface area contributed by atoms with Crippen LogP contribution in [0.15, 0.2) is 0 Å². The lowest BCUT2D eigenvalue weighted by atomic mass is 9.76. The normalized spacial score (nSPS) is 25.7. The topological polar surface area (TPSA) is 54.7 Å². The Labute approximate surface area is 91.4 Å². The summed E-state index contributed by atoms with van der Waals surface area (Å²) < 4.78 is 0. The number of aromatic nitrogens is 2. The molecule has 0 amide bonds. The van der Waals surface area contributed by atoms with E-state index in [0.29, 0.717) is 17.8 Å². The lowest BCUT2D eigenvalue weighted by Crippen LogP contribution is -2.25. The minimum absolute atomic E-state index is 0.490. The van der Waals surface area contributed by atoms with Crippen molar-refractivity contribution < 1.29 is 0 Å². The SMILES string of the molecule is CC(C)c1n[nH]c2c1C(CN)C(C)CC2. The van der Waals surface area contributed by atoms with Gasteiger partial charge in [0.1, 0.15) is 0 Å². The van der Waals surface area contributed by atoms with Crippen molar-refractivity contribution in [3.05, 3.63) is 17.0 Å². The number of nitrogens with one attached hydrogen (secondary N) is 1. The molecule has 0 bridgehead atoms. The van der Waals surface area contributed by atoms with Gasteiger partial charge in [0.2, 0.25) is 0 Å². The molecular formula is C12H21N3. The largest absolute Gasteiger partial charge is 0.330 e. The van der Waals surface area contributed by atoms with Crippen LogP contribution in [0.25, 0.3) is 0 Å². The van der Waals surface area contributed by atoms with Crippen molar-refractivity contribution in [1.29, 1.82) is 0 Å². The van der Waals surface area contributed by atoms with Gasteiger partial charge < -0.3 is 5.73 Å². The zero-order chi connectivity index (χ0) is 11.0. The molecule has 2 atom stereocenters. The second-order valence-electron chi connectivity index (χ2n) is 5.01. The summed E-state index contributed by atoms with van der Waals surface area (Å²) in [6.07, 6.45) is 2.36. The van der Waals surface area contributed by atoms with Gasteiger partial charge in [-0.1, -0.05) is 20.8 Å². The maximum atomic E-state index is 5.90. The Morgan fingerprint density at radius 1 is 1.53 bits per heavy atom. The van der Waals surface area contributed by atoms with Gasteiger partial charge in [0.05, 0.1) is 5.69 Å². The van der Waals surface area contributed by atoms with E-state index in [4.69, 9.17) is 5.73 Å². The summed E-state index contributed by atoms with van der Waals surface area (Å²) in [5.74, 6) is 1.69. The first-order valence-corrected chi connectivity index (χ1v) is 5.92. The Balaban J connectivity index is 2.44. The fraction of sp³-hybridized carbons (Fsp3) is 0.750. The van der Waals surface area contributed by atoms with Crippen LogP contribution in [0.1, 0.15) is 56.0 Å². The minimum atomic E-state index is 0.490. The molecule has 3 heteroatoms. The number of nitrogens with zero attached hydrogens (tertiary/aromatic N) is 1. The van der Waals surface area contributed by atoms with Crippen molar-refractivity contribution in [2.75, 3.05) is 6.54 Å². The van der Waals surface area contributed by atoms with E-state index in [1.165, 1.54) is 23.4 Å². The molecule has 0 radical (unpaired) electrons. The first kappa shape index (κ1) is 10.7. The lowest BCUT2D eigenvalue weighted by molar-refractivity contribution is 0.404. The highest BCUT2D eigenvalue weighted by Crippen LogP contribution is 2.38. The molecule has 1 aromatic heterocycles. The molecule has 2 rings (SSSR count). The highest BCUT2D eigenvalue weighted by Gasteiger charge is 2.30. The Morgan fingerprint density at radius 3 is 2.87 bits per heavy atom. The predicted octanol–water partition coefficient (Wildman–Crippen LogP) is 2.16. The molecular weight excluding hydrogens is 186 g/mol. The number of aromatic amines is 1. The van der Waals surface area contributed by atoms with Crippen LogP contribution >= 0.6 is 0 Å². The number of fused-ring (bicyclic) bond motifs is 1. The van der Waals surface area contributed by atoms with Gasteiger partial charge in [0, 0.05) is 17.2 Å². The van der Waals surface area contributed by atoms with Crippen LogP contribution in [-0.4, -0.2) is 16.7 Å². The molecule has 3 N–H and O–H groups in total. The predicted molar refractivity (Wildman–Crippen MR) is 62.0 cm³/mol. The number of nitrogens with two attached hydrogens (primary N) is 1. The van der Waals surface area contributed by atoms with E-state index in [1.807, 2.05) is 0 Å². The van der Waals surface area contributed by atoms with E-state index in [2.05, 4.69) is 31.0 Å². The summed E-state index contributed by atoms with van der Waals surface area (Å²) in [6.45, 7) is 7.44. The zero-order valence-electron chi connectivity index (χ0n) is 9.88. The second-order valence-corrected chi connectivity index (χ2v) is 5.01. The quantitative estimate of drug-likeness (QED) is 0.780. The van der Waals surface area contributed by atoms with Crippen LogP contribution in [0, 0.1) is 5.92 Å². The zero-order valence-corrected chi connectivity index (χ0v) is 9.88. The molecule has 1 heterocycles. The van der Waals surface area contributed by atoms with Crippen molar-refractivity contribution in [2.24, 2.45) is 11.7 Å². The molecule has 0 fully saturated rings. The maximum Gasteiger partial charge on any atom is 0.0685 e. The fourth-order valence-electron chi connectivity index (χ4n) is 2.66. The van der Waals surface area contributed by atoms with Crippen molar-refractivity contribution in [2.45, 2.75) is 45.4 Å². The van der Waals surface area contributed by atoms with Gasteiger partial charge in [-0.25, -0.2) is 0 Å². The van der Waals surface area contributed by atoms with Crippen LogP contribution < -0.4 is 5.73 Å². The van der Waals surface area contributed by atoms with Crippen molar-refractivity contribution in [3.8, 4) is 0 Å². The number of aryl methyl sites for hydroxylation is 1. The smallest absolute Gasteiger partial charge is 0.0685 e. The van der Waals surface area contributed by atoms with E-state index in [0.717, 1.165) is 13.0 Å². The third-order valence-corrected chi connectivity index (χ3v) is 3.62. The molecule has 2 unspecified atom stereocenters. The van der Waals surface area contributed by atoms with E-state index in [-0.39, 0.29) is 0 Å². The third kappa shape index (κ3) is 1.69. The van der Waals surface area contributed by atoms with Crippen LogP contribution in [0.4, 0.5) is 0 Å². The van der Waals surface area contributed by atoms with Crippen LogP contribution in [0.3, 0.4) is 0 Å². The number of H-pyrrole nitrogens is 1. The molecule has 1 aliphatic carbocycles. The average molecular weight is 207 g/mol. The van der Waals surface area contributed by atoms with E-state index in [1.54, 1.807) is 0 Å². The Hall–Kier alpha value is -0.830. The molecule has 15 heavy (non-hydrogen) atoms. The maximum absolute atomic E-state index is 5.90. The summed E-state index contributed by atoms with van der Waals surface area (Å²) >= 11 is 0. The molecule has 0 aromatic carbocycles.